The van der Waals surface area contributed by atoms with Gasteiger partial charge in [0, 0.05) is 37.9 Å². The largest absolute Gasteiger partial charge is 0.417 e. The van der Waals surface area contributed by atoms with Crippen LogP contribution >= 0.6 is 0 Å². The smallest absolute Gasteiger partial charge is 0.408 e. The average molecular weight is 352 g/mol. The minimum atomic E-state index is -0.550. The minimum absolute atomic E-state index is 0.130. The van der Waals surface area contributed by atoms with Crippen LogP contribution in [0.15, 0.2) is 51.8 Å². The fraction of sp³-hybridized carbons (Fsp3) is 0.222. The van der Waals surface area contributed by atoms with Gasteiger partial charge >= 0.3 is 5.76 Å². The van der Waals surface area contributed by atoms with Gasteiger partial charge in [-0.15, -0.1) is 0 Å². The van der Waals surface area contributed by atoms with Crippen LogP contribution in [0.3, 0.4) is 0 Å². The number of carbonyl (C=O) groups excluding carboxylic acids is 2. The summed E-state index contributed by atoms with van der Waals surface area (Å²) in [4.78, 5) is 46.3. The van der Waals surface area contributed by atoms with Gasteiger partial charge in [-0.2, -0.15) is 0 Å². The van der Waals surface area contributed by atoms with E-state index in [9.17, 15) is 14.4 Å². The Bertz CT molecular complexity index is 1020. The maximum Gasteiger partial charge on any atom is 0.417 e. The molecule has 0 saturated carbocycles. The number of aromatic nitrogens is 2. The molecule has 4 rings (SSSR count). The topological polar surface area (TPSA) is 99.5 Å². The molecule has 2 aromatic heterocycles. The second-order valence-electron chi connectivity index (χ2n) is 6.02. The van der Waals surface area contributed by atoms with Crippen LogP contribution in [0.25, 0.3) is 11.1 Å². The number of H-pyrrole nitrogens is 1. The number of piperazine rings is 1. The number of benzene rings is 1. The van der Waals surface area contributed by atoms with Crippen LogP contribution in [-0.2, 0) is 0 Å². The van der Waals surface area contributed by atoms with Crippen LogP contribution in [0.5, 0.6) is 0 Å². The lowest BCUT2D eigenvalue weighted by Crippen LogP contribution is -2.50. The summed E-state index contributed by atoms with van der Waals surface area (Å²) in [6.45, 7) is 1.78. The van der Waals surface area contributed by atoms with Crippen molar-refractivity contribution in [3.8, 4) is 0 Å². The number of carbonyl (C=O) groups is 2. The molecular weight excluding hydrogens is 336 g/mol. The highest BCUT2D eigenvalue weighted by molar-refractivity contribution is 5.97. The Balaban J connectivity index is 1.44. The summed E-state index contributed by atoms with van der Waals surface area (Å²) in [5.41, 5.74) is 1.78. The van der Waals surface area contributed by atoms with Gasteiger partial charge in [-0.05, 0) is 30.3 Å². The van der Waals surface area contributed by atoms with E-state index in [0.717, 1.165) is 0 Å². The molecule has 8 nitrogen and oxygen atoms in total. The molecule has 3 heterocycles. The number of pyridine rings is 1. The van der Waals surface area contributed by atoms with Gasteiger partial charge in [0.25, 0.3) is 11.8 Å². The van der Waals surface area contributed by atoms with E-state index in [1.165, 1.54) is 0 Å². The molecule has 1 N–H and O–H groups in total. The maximum atomic E-state index is 12.7. The van der Waals surface area contributed by atoms with Gasteiger partial charge in [0.2, 0.25) is 0 Å². The maximum absolute atomic E-state index is 12.7. The van der Waals surface area contributed by atoms with Crippen LogP contribution in [0.4, 0.5) is 0 Å². The Morgan fingerprint density at radius 2 is 1.73 bits per heavy atom. The monoisotopic (exact) mass is 352 g/mol. The zero-order chi connectivity index (χ0) is 18.1. The normalized spacial score (nSPS) is 14.6. The summed E-state index contributed by atoms with van der Waals surface area (Å²) in [6, 6.07) is 10.1. The number of hydrogen-bond acceptors (Lipinski definition) is 5. The summed E-state index contributed by atoms with van der Waals surface area (Å²) in [7, 11) is 0. The fourth-order valence-corrected chi connectivity index (χ4v) is 3.03. The molecular formula is C18H16N4O4. The van der Waals surface area contributed by atoms with Gasteiger partial charge in [0.1, 0.15) is 5.69 Å². The lowest BCUT2D eigenvalue weighted by Gasteiger charge is -2.34. The number of nitrogens with zero attached hydrogens (tertiary/aromatic N) is 3. The van der Waals surface area contributed by atoms with Crippen molar-refractivity contribution < 1.29 is 14.0 Å². The molecule has 1 aliphatic heterocycles. The molecule has 8 heteroatoms. The number of amides is 2. The predicted octanol–water partition coefficient (Wildman–Crippen LogP) is 1.11. The van der Waals surface area contributed by atoms with E-state index in [1.807, 2.05) is 0 Å². The Labute approximate surface area is 148 Å². The van der Waals surface area contributed by atoms with Gasteiger partial charge in [-0.25, -0.2) is 4.79 Å². The first-order valence-electron chi connectivity index (χ1n) is 8.24. The summed E-state index contributed by atoms with van der Waals surface area (Å²) in [5.74, 6) is -0.819. The molecule has 0 atom stereocenters. The van der Waals surface area contributed by atoms with E-state index < -0.39 is 5.76 Å². The van der Waals surface area contributed by atoms with Gasteiger partial charge in [0.05, 0.1) is 5.52 Å². The van der Waals surface area contributed by atoms with E-state index in [4.69, 9.17) is 4.42 Å². The molecule has 0 spiro atoms. The number of oxazole rings is 1. The van der Waals surface area contributed by atoms with Crippen molar-refractivity contribution in [2.45, 2.75) is 0 Å². The molecule has 1 aliphatic rings. The molecule has 0 bridgehead atoms. The van der Waals surface area contributed by atoms with Crippen molar-refractivity contribution in [1.82, 2.24) is 19.8 Å². The second-order valence-corrected chi connectivity index (χ2v) is 6.02. The highest BCUT2D eigenvalue weighted by Gasteiger charge is 2.26. The first-order valence-corrected chi connectivity index (χ1v) is 8.24. The van der Waals surface area contributed by atoms with Crippen molar-refractivity contribution >= 4 is 22.9 Å². The Kier molecular flexibility index (Phi) is 4.00. The third kappa shape index (κ3) is 2.97. The average Bonchev–Trinajstić information content (AvgIpc) is 3.07. The van der Waals surface area contributed by atoms with Crippen molar-refractivity contribution in [3.05, 3.63) is 64.4 Å². The summed E-state index contributed by atoms with van der Waals surface area (Å²) in [6.07, 6.45) is 1.59. The third-order valence-electron chi connectivity index (χ3n) is 4.40. The summed E-state index contributed by atoms with van der Waals surface area (Å²) >= 11 is 0. The van der Waals surface area contributed by atoms with Crippen LogP contribution in [-0.4, -0.2) is 57.8 Å². The number of hydrogen-bond donors (Lipinski definition) is 1. The Morgan fingerprint density at radius 3 is 2.42 bits per heavy atom. The molecule has 132 valence electrons. The first kappa shape index (κ1) is 16.1. The van der Waals surface area contributed by atoms with Crippen LogP contribution in [0.1, 0.15) is 20.8 Å². The molecule has 1 fully saturated rings. The summed E-state index contributed by atoms with van der Waals surface area (Å²) < 4.78 is 4.94. The second kappa shape index (κ2) is 6.47. The van der Waals surface area contributed by atoms with Crippen LogP contribution in [0, 0.1) is 0 Å². The molecule has 1 saturated heterocycles. The zero-order valence-electron chi connectivity index (χ0n) is 13.8. The number of nitrogens with one attached hydrogen (secondary N) is 1. The lowest BCUT2D eigenvalue weighted by molar-refractivity contribution is 0.0532. The molecule has 2 amide bonds. The highest BCUT2D eigenvalue weighted by atomic mass is 16.4. The lowest BCUT2D eigenvalue weighted by atomic mass is 10.1. The van der Waals surface area contributed by atoms with E-state index in [-0.39, 0.29) is 11.8 Å². The Morgan fingerprint density at radius 1 is 1.00 bits per heavy atom. The van der Waals surface area contributed by atoms with Crippen molar-refractivity contribution in [1.29, 1.82) is 0 Å². The van der Waals surface area contributed by atoms with E-state index in [1.54, 1.807) is 52.4 Å². The molecule has 1 aromatic carbocycles. The predicted molar refractivity (Wildman–Crippen MR) is 92.9 cm³/mol. The third-order valence-corrected chi connectivity index (χ3v) is 4.40. The van der Waals surface area contributed by atoms with Crippen LogP contribution in [0.2, 0.25) is 0 Å². The van der Waals surface area contributed by atoms with E-state index in [2.05, 4.69) is 9.97 Å². The number of aromatic amines is 1. The minimum Gasteiger partial charge on any atom is -0.408 e. The molecule has 0 radical (unpaired) electrons. The van der Waals surface area contributed by atoms with Gasteiger partial charge in [0.15, 0.2) is 5.58 Å². The van der Waals surface area contributed by atoms with Crippen LogP contribution < -0.4 is 5.76 Å². The number of fused-ring (bicyclic) bond motifs is 1. The van der Waals surface area contributed by atoms with E-state index >= 15 is 0 Å². The van der Waals surface area contributed by atoms with Crippen molar-refractivity contribution in [2.75, 3.05) is 26.2 Å². The first-order chi connectivity index (χ1) is 12.6. The van der Waals surface area contributed by atoms with Gasteiger partial charge in [-0.3, -0.25) is 19.6 Å². The summed E-state index contributed by atoms with van der Waals surface area (Å²) in [5, 5.41) is 0. The molecule has 0 unspecified atom stereocenters. The molecule has 26 heavy (non-hydrogen) atoms. The Hall–Kier alpha value is -3.42. The van der Waals surface area contributed by atoms with E-state index in [0.29, 0.717) is 48.5 Å². The fourth-order valence-electron chi connectivity index (χ4n) is 3.03. The molecule has 3 aromatic rings. The van der Waals surface area contributed by atoms with Crippen molar-refractivity contribution in [3.63, 3.8) is 0 Å². The number of rotatable bonds is 2. The molecule has 0 aliphatic carbocycles. The van der Waals surface area contributed by atoms with Crippen molar-refractivity contribution in [2.24, 2.45) is 0 Å². The zero-order valence-corrected chi connectivity index (χ0v) is 13.8. The quantitative estimate of drug-likeness (QED) is 0.745. The van der Waals surface area contributed by atoms with Gasteiger partial charge in [-0.1, -0.05) is 6.07 Å². The highest BCUT2D eigenvalue weighted by Crippen LogP contribution is 2.15. The van der Waals surface area contributed by atoms with Gasteiger partial charge < -0.3 is 14.2 Å². The standard InChI is InChI=1S/C18H16N4O4/c23-16(12-4-5-15-14(11-12)20-18(25)26-15)21-7-9-22(10-8-21)17(24)13-3-1-2-6-19-13/h1-6,11H,7-10H2,(H,20,25). The SMILES string of the molecule is O=C(c1ccc2oc(=O)[nH]c2c1)N1CCN(C(=O)c2ccccn2)CC1.